The summed E-state index contributed by atoms with van der Waals surface area (Å²) in [6, 6.07) is 14.1. The Hall–Kier alpha value is -2.48. The second-order valence-corrected chi connectivity index (χ2v) is 8.41. The summed E-state index contributed by atoms with van der Waals surface area (Å²) in [4.78, 5) is 14.4. The number of rotatable bonds is 9. The van der Waals surface area contributed by atoms with E-state index in [1.165, 1.54) is 23.8 Å². The van der Waals surface area contributed by atoms with Gasteiger partial charge in [-0.15, -0.1) is 0 Å². The lowest BCUT2D eigenvalue weighted by molar-refractivity contribution is -0.111. The van der Waals surface area contributed by atoms with Crippen molar-refractivity contribution in [3.05, 3.63) is 65.7 Å². The van der Waals surface area contributed by atoms with Crippen molar-refractivity contribution >= 4 is 27.7 Å². The third-order valence-corrected chi connectivity index (χ3v) is 5.58. The SMILES string of the molecule is CCNS(=O)(=O)c1ccc(/C=C/C(=O)Nc2ccc(CCN(C)C)cc2)cc1. The highest BCUT2D eigenvalue weighted by molar-refractivity contribution is 7.89. The molecule has 0 aliphatic rings. The molecule has 2 aromatic rings. The van der Waals surface area contributed by atoms with Crippen molar-refractivity contribution in [2.45, 2.75) is 18.2 Å². The van der Waals surface area contributed by atoms with Crippen LogP contribution in [-0.4, -0.2) is 46.4 Å². The standard InChI is InChI=1S/C21H27N3O3S/c1-4-22-28(26,27)20-12-7-17(8-13-20)9-14-21(25)23-19-10-5-18(6-11-19)15-16-24(2)3/h5-14,22H,4,15-16H2,1-3H3,(H,23,25)/b14-9+. The van der Waals surface area contributed by atoms with Crippen molar-refractivity contribution < 1.29 is 13.2 Å². The lowest BCUT2D eigenvalue weighted by Crippen LogP contribution is -2.22. The molecule has 0 bridgehead atoms. The zero-order valence-corrected chi connectivity index (χ0v) is 17.3. The van der Waals surface area contributed by atoms with Gasteiger partial charge in [0.25, 0.3) is 0 Å². The van der Waals surface area contributed by atoms with Gasteiger partial charge in [0.05, 0.1) is 4.90 Å². The van der Waals surface area contributed by atoms with Crippen LogP contribution in [0.4, 0.5) is 5.69 Å². The van der Waals surface area contributed by atoms with Gasteiger partial charge in [-0.2, -0.15) is 0 Å². The van der Waals surface area contributed by atoms with Crippen LogP contribution in [-0.2, 0) is 21.2 Å². The molecule has 0 fully saturated rings. The van der Waals surface area contributed by atoms with E-state index in [1.807, 2.05) is 38.4 Å². The van der Waals surface area contributed by atoms with Gasteiger partial charge in [0, 0.05) is 24.9 Å². The lowest BCUT2D eigenvalue weighted by atomic mass is 10.1. The molecule has 150 valence electrons. The number of nitrogens with zero attached hydrogens (tertiary/aromatic N) is 1. The number of hydrogen-bond donors (Lipinski definition) is 2. The number of nitrogens with one attached hydrogen (secondary N) is 2. The summed E-state index contributed by atoms with van der Waals surface area (Å²) >= 11 is 0. The molecule has 0 aromatic heterocycles. The maximum atomic E-state index is 12.1. The lowest BCUT2D eigenvalue weighted by Gasteiger charge is -2.09. The number of benzene rings is 2. The number of hydrogen-bond acceptors (Lipinski definition) is 4. The van der Waals surface area contributed by atoms with Crippen LogP contribution in [0.25, 0.3) is 6.08 Å². The summed E-state index contributed by atoms with van der Waals surface area (Å²) in [6.07, 6.45) is 4.03. The van der Waals surface area contributed by atoms with Crippen LogP contribution in [0, 0.1) is 0 Å². The highest BCUT2D eigenvalue weighted by Gasteiger charge is 2.11. The van der Waals surface area contributed by atoms with Crippen LogP contribution in [0.2, 0.25) is 0 Å². The second kappa shape index (κ2) is 10.2. The molecule has 7 heteroatoms. The number of carbonyl (C=O) groups excluding carboxylic acids is 1. The van der Waals surface area contributed by atoms with E-state index in [0.717, 1.165) is 24.2 Å². The molecule has 0 saturated carbocycles. The Morgan fingerprint density at radius 3 is 2.25 bits per heavy atom. The van der Waals surface area contributed by atoms with Crippen LogP contribution < -0.4 is 10.0 Å². The molecule has 0 saturated heterocycles. The molecule has 0 aliphatic heterocycles. The van der Waals surface area contributed by atoms with E-state index in [1.54, 1.807) is 25.1 Å². The number of sulfonamides is 1. The van der Waals surface area contributed by atoms with Crippen molar-refractivity contribution in [2.24, 2.45) is 0 Å². The van der Waals surface area contributed by atoms with Crippen molar-refractivity contribution in [2.75, 3.05) is 32.5 Å². The summed E-state index contributed by atoms with van der Waals surface area (Å²) in [5.41, 5.74) is 2.69. The maximum absolute atomic E-state index is 12.1. The third kappa shape index (κ3) is 6.92. The summed E-state index contributed by atoms with van der Waals surface area (Å²) in [7, 11) is 0.607. The Kier molecular flexibility index (Phi) is 7.92. The first-order valence-electron chi connectivity index (χ1n) is 9.12. The molecule has 28 heavy (non-hydrogen) atoms. The minimum atomic E-state index is -3.47. The fourth-order valence-corrected chi connectivity index (χ4v) is 3.54. The molecule has 2 aromatic carbocycles. The average molecular weight is 402 g/mol. The van der Waals surface area contributed by atoms with Crippen LogP contribution in [0.5, 0.6) is 0 Å². The Balaban J connectivity index is 1.93. The van der Waals surface area contributed by atoms with E-state index in [4.69, 9.17) is 0 Å². The number of carbonyl (C=O) groups is 1. The van der Waals surface area contributed by atoms with Gasteiger partial charge in [0.1, 0.15) is 0 Å². The molecule has 6 nitrogen and oxygen atoms in total. The fourth-order valence-electron chi connectivity index (χ4n) is 2.49. The topological polar surface area (TPSA) is 78.5 Å². The van der Waals surface area contributed by atoms with Gasteiger partial charge in [-0.3, -0.25) is 4.79 Å². The van der Waals surface area contributed by atoms with Crippen LogP contribution in [0.1, 0.15) is 18.1 Å². The molecule has 0 aliphatic carbocycles. The van der Waals surface area contributed by atoms with Crippen LogP contribution >= 0.6 is 0 Å². The number of amides is 1. The van der Waals surface area contributed by atoms with E-state index in [2.05, 4.69) is 14.9 Å². The van der Waals surface area contributed by atoms with Crippen molar-refractivity contribution in [3.8, 4) is 0 Å². The monoisotopic (exact) mass is 401 g/mol. The van der Waals surface area contributed by atoms with Gasteiger partial charge in [-0.05, 0) is 62.0 Å². The first kappa shape index (κ1) is 21.8. The Labute approximate surface area is 167 Å². The van der Waals surface area contributed by atoms with Gasteiger partial charge in [-0.1, -0.05) is 31.2 Å². The van der Waals surface area contributed by atoms with E-state index in [0.29, 0.717) is 6.54 Å². The smallest absolute Gasteiger partial charge is 0.248 e. The number of likely N-dealkylation sites (N-methyl/N-ethyl adjacent to an activating group) is 1. The third-order valence-electron chi connectivity index (χ3n) is 4.02. The molecule has 1 amide bonds. The highest BCUT2D eigenvalue weighted by atomic mass is 32.2. The first-order valence-corrected chi connectivity index (χ1v) is 10.6. The Morgan fingerprint density at radius 2 is 1.68 bits per heavy atom. The van der Waals surface area contributed by atoms with Crippen molar-refractivity contribution in [1.29, 1.82) is 0 Å². The van der Waals surface area contributed by atoms with Gasteiger partial charge in [0.2, 0.25) is 15.9 Å². The normalized spacial score (nSPS) is 11.9. The first-order chi connectivity index (χ1) is 13.3. The van der Waals surface area contributed by atoms with Crippen LogP contribution in [0.15, 0.2) is 59.5 Å². The highest BCUT2D eigenvalue weighted by Crippen LogP contribution is 2.13. The predicted octanol–water partition coefficient (Wildman–Crippen LogP) is 2.74. The molecule has 0 radical (unpaired) electrons. The summed E-state index contributed by atoms with van der Waals surface area (Å²) in [6.45, 7) is 3.04. The summed E-state index contributed by atoms with van der Waals surface area (Å²) in [5, 5.41) is 2.81. The largest absolute Gasteiger partial charge is 0.323 e. The van der Waals surface area contributed by atoms with E-state index in [9.17, 15) is 13.2 Å². The van der Waals surface area contributed by atoms with Gasteiger partial charge in [-0.25, -0.2) is 13.1 Å². The van der Waals surface area contributed by atoms with Gasteiger partial charge in [0.15, 0.2) is 0 Å². The molecule has 2 N–H and O–H groups in total. The zero-order valence-electron chi connectivity index (χ0n) is 16.5. The van der Waals surface area contributed by atoms with E-state index >= 15 is 0 Å². The fraction of sp³-hybridized carbons (Fsp3) is 0.286. The molecule has 0 unspecified atom stereocenters. The molecule has 2 rings (SSSR count). The molecular formula is C21H27N3O3S. The van der Waals surface area contributed by atoms with E-state index in [-0.39, 0.29) is 10.8 Å². The predicted molar refractivity (Wildman–Crippen MR) is 114 cm³/mol. The zero-order chi connectivity index (χ0) is 20.6. The summed E-state index contributed by atoms with van der Waals surface area (Å²) < 4.78 is 26.3. The van der Waals surface area contributed by atoms with Crippen LogP contribution in [0.3, 0.4) is 0 Å². The van der Waals surface area contributed by atoms with E-state index < -0.39 is 10.0 Å². The average Bonchev–Trinajstić information content (AvgIpc) is 2.66. The Bertz CT molecular complexity index is 903. The quantitative estimate of drug-likeness (QED) is 0.634. The number of anilines is 1. The van der Waals surface area contributed by atoms with Gasteiger partial charge < -0.3 is 10.2 Å². The molecular weight excluding hydrogens is 374 g/mol. The minimum absolute atomic E-state index is 0.199. The minimum Gasteiger partial charge on any atom is -0.323 e. The molecule has 0 atom stereocenters. The Morgan fingerprint density at radius 1 is 1.04 bits per heavy atom. The molecule has 0 heterocycles. The summed E-state index contributed by atoms with van der Waals surface area (Å²) in [5.74, 6) is -0.245. The molecule has 0 spiro atoms. The maximum Gasteiger partial charge on any atom is 0.248 e. The second-order valence-electron chi connectivity index (χ2n) is 6.64. The van der Waals surface area contributed by atoms with Crippen molar-refractivity contribution in [3.63, 3.8) is 0 Å². The van der Waals surface area contributed by atoms with Crippen molar-refractivity contribution in [1.82, 2.24) is 9.62 Å². The van der Waals surface area contributed by atoms with Gasteiger partial charge >= 0.3 is 0 Å².